The maximum absolute atomic E-state index is 11.6. The van der Waals surface area contributed by atoms with E-state index in [-0.39, 0.29) is 18.1 Å². The fourth-order valence-corrected chi connectivity index (χ4v) is 5.23. The van der Waals surface area contributed by atoms with Crippen LogP contribution in [0.4, 0.5) is 0 Å². The van der Waals surface area contributed by atoms with Crippen molar-refractivity contribution in [2.75, 3.05) is 6.54 Å². The van der Waals surface area contributed by atoms with Gasteiger partial charge < -0.3 is 4.74 Å². The molecule has 0 aliphatic heterocycles. The van der Waals surface area contributed by atoms with E-state index in [0.717, 1.165) is 11.3 Å². The number of halogens is 3. The minimum Gasteiger partial charge on any atom is -0.489 e. The summed E-state index contributed by atoms with van der Waals surface area (Å²) in [5.41, 5.74) is 2.23. The number of hydrogen-bond acceptors (Lipinski definition) is 6. The van der Waals surface area contributed by atoms with E-state index < -0.39 is 5.25 Å². The van der Waals surface area contributed by atoms with E-state index in [1.165, 1.54) is 11.8 Å². The Hall–Kier alpha value is -2.78. The van der Waals surface area contributed by atoms with Gasteiger partial charge in [-0.05, 0) is 49.4 Å². The molecular weight excluding hydrogens is 531 g/mol. The highest BCUT2D eigenvalue weighted by atomic mass is 35.5. The zero-order chi connectivity index (χ0) is 24.9. The summed E-state index contributed by atoms with van der Waals surface area (Å²) in [5.74, 6) is 1.17. The lowest BCUT2D eigenvalue weighted by Crippen LogP contribution is -2.12. The first-order valence-electron chi connectivity index (χ1n) is 10.4. The molecule has 0 spiro atoms. The van der Waals surface area contributed by atoms with Gasteiger partial charge in [-0.25, -0.2) is 0 Å². The van der Waals surface area contributed by atoms with Crippen molar-refractivity contribution in [2.45, 2.75) is 23.9 Å². The Morgan fingerprint density at radius 2 is 1.74 bits per heavy atom. The summed E-state index contributed by atoms with van der Waals surface area (Å²) in [6, 6.07) is 19.6. The maximum Gasteiger partial charge on any atom is 0.220 e. The number of rotatable bonds is 9. The first kappa shape index (κ1) is 25.3. The Balaban J connectivity index is 1.64. The van der Waals surface area contributed by atoms with E-state index in [1.807, 2.05) is 41.8 Å². The molecule has 1 heterocycles. The molecule has 0 saturated carbocycles. The summed E-state index contributed by atoms with van der Waals surface area (Å²) < 4.78 is 7.89. The van der Waals surface area contributed by atoms with Gasteiger partial charge in [0.25, 0.3) is 0 Å². The molecule has 3 aromatic carbocycles. The lowest BCUT2D eigenvalue weighted by Gasteiger charge is -2.18. The second-order valence-corrected chi connectivity index (χ2v) is 9.98. The molecule has 0 aliphatic rings. The van der Waals surface area contributed by atoms with Crippen molar-refractivity contribution in [1.82, 2.24) is 14.8 Å². The number of thioether (sulfide) groups is 1. The molecule has 7 nitrogen and oxygen atoms in total. The fraction of sp³-hybridized carbons (Fsp3) is 0.167. The molecular formula is C24H19Cl3N4O3S. The average Bonchev–Trinajstić information content (AvgIpc) is 3.18. The molecule has 0 aliphatic carbocycles. The molecule has 0 saturated heterocycles. The van der Waals surface area contributed by atoms with Gasteiger partial charge in [0.1, 0.15) is 23.4 Å². The lowest BCUT2D eigenvalue weighted by atomic mass is 10.1. The number of benzene rings is 3. The number of para-hydroxylation sites is 1. The number of nitrogens with zero attached hydrogens (tertiary/aromatic N) is 4. The zero-order valence-electron chi connectivity index (χ0n) is 18.4. The van der Waals surface area contributed by atoms with Crippen molar-refractivity contribution in [1.29, 1.82) is 0 Å². The van der Waals surface area contributed by atoms with Gasteiger partial charge in [-0.1, -0.05) is 70.8 Å². The van der Waals surface area contributed by atoms with E-state index in [0.29, 0.717) is 37.4 Å². The van der Waals surface area contributed by atoms with Gasteiger partial charge >= 0.3 is 0 Å². The third-order valence-electron chi connectivity index (χ3n) is 5.11. The maximum atomic E-state index is 11.6. The van der Waals surface area contributed by atoms with E-state index in [4.69, 9.17) is 39.5 Å². The topological polar surface area (TPSA) is 83.1 Å². The fourth-order valence-electron chi connectivity index (χ4n) is 3.44. The van der Waals surface area contributed by atoms with Crippen molar-refractivity contribution < 1.29 is 9.66 Å². The van der Waals surface area contributed by atoms with Gasteiger partial charge in [-0.2, -0.15) is 0 Å². The van der Waals surface area contributed by atoms with Crippen LogP contribution in [0, 0.1) is 17.0 Å². The summed E-state index contributed by atoms with van der Waals surface area (Å²) in [7, 11) is 0. The summed E-state index contributed by atoms with van der Waals surface area (Å²) in [5, 5.41) is 21.6. The quantitative estimate of drug-likeness (QED) is 0.124. The Bertz CT molecular complexity index is 1350. The van der Waals surface area contributed by atoms with Gasteiger partial charge in [0.05, 0.1) is 0 Å². The highest BCUT2D eigenvalue weighted by molar-refractivity contribution is 7.99. The Morgan fingerprint density at radius 1 is 1.03 bits per heavy atom. The summed E-state index contributed by atoms with van der Waals surface area (Å²) in [6.45, 7) is 1.67. The van der Waals surface area contributed by atoms with Gasteiger partial charge in [-0.3, -0.25) is 14.7 Å². The molecule has 0 amide bonds. The van der Waals surface area contributed by atoms with E-state index >= 15 is 0 Å². The average molecular weight is 550 g/mol. The van der Waals surface area contributed by atoms with Crippen LogP contribution >= 0.6 is 46.6 Å². The van der Waals surface area contributed by atoms with Crippen LogP contribution in [0.5, 0.6) is 5.75 Å². The first-order valence-corrected chi connectivity index (χ1v) is 12.4. The van der Waals surface area contributed by atoms with Crippen LogP contribution in [0.25, 0.3) is 5.69 Å². The molecule has 1 aromatic heterocycles. The molecule has 180 valence electrons. The van der Waals surface area contributed by atoms with Crippen LogP contribution in [0.3, 0.4) is 0 Å². The number of nitro groups is 1. The van der Waals surface area contributed by atoms with Gasteiger partial charge in [0, 0.05) is 36.8 Å². The number of aromatic nitrogens is 3. The molecule has 0 radical (unpaired) electrons. The molecule has 0 unspecified atom stereocenters. The molecule has 35 heavy (non-hydrogen) atoms. The molecule has 0 N–H and O–H groups in total. The smallest absolute Gasteiger partial charge is 0.220 e. The van der Waals surface area contributed by atoms with E-state index in [1.54, 1.807) is 36.4 Å². The van der Waals surface area contributed by atoms with Crippen molar-refractivity contribution in [2.24, 2.45) is 0 Å². The summed E-state index contributed by atoms with van der Waals surface area (Å²) >= 11 is 19.5. The second-order valence-electron chi connectivity index (χ2n) is 7.53. The molecule has 4 aromatic rings. The normalized spacial score (nSPS) is 11.9. The van der Waals surface area contributed by atoms with Crippen LogP contribution in [0.15, 0.2) is 71.9 Å². The van der Waals surface area contributed by atoms with Crippen LogP contribution in [-0.2, 0) is 6.61 Å². The Kier molecular flexibility index (Phi) is 8.18. The first-order chi connectivity index (χ1) is 16.8. The third-order valence-corrected chi connectivity index (χ3v) is 7.11. The molecule has 0 fully saturated rings. The summed E-state index contributed by atoms with van der Waals surface area (Å²) in [4.78, 5) is 11.3. The zero-order valence-corrected chi connectivity index (χ0v) is 21.5. The van der Waals surface area contributed by atoms with Crippen molar-refractivity contribution >= 4 is 46.6 Å². The van der Waals surface area contributed by atoms with E-state index in [2.05, 4.69) is 10.2 Å². The largest absolute Gasteiger partial charge is 0.489 e. The van der Waals surface area contributed by atoms with Crippen molar-refractivity contribution in [3.05, 3.63) is 109 Å². The molecule has 4 rings (SSSR count). The van der Waals surface area contributed by atoms with Crippen molar-refractivity contribution in [3.63, 3.8) is 0 Å². The van der Waals surface area contributed by atoms with Gasteiger partial charge in [0.15, 0.2) is 5.16 Å². The highest BCUT2D eigenvalue weighted by Crippen LogP contribution is 2.40. The minimum absolute atomic E-state index is 0.183. The monoisotopic (exact) mass is 548 g/mol. The lowest BCUT2D eigenvalue weighted by molar-refractivity contribution is -0.479. The Morgan fingerprint density at radius 3 is 2.46 bits per heavy atom. The second kappa shape index (κ2) is 11.3. The third kappa shape index (κ3) is 6.27. The predicted octanol–water partition coefficient (Wildman–Crippen LogP) is 7.23. The minimum atomic E-state index is -0.587. The predicted molar refractivity (Wildman–Crippen MR) is 139 cm³/mol. The standard InChI is InChI=1S/C24H19Cl3N4O3S/c1-15-28-29-24(31(15)19-10-8-17(25)9-11-19)35-23(13-30(32)33)20-4-2-3-5-22(20)34-14-16-6-7-18(26)12-21(16)27/h2-12,23H,13-14H2,1H3/t23-/m1/s1. The number of ether oxygens (including phenoxy) is 1. The number of hydrogen-bond donors (Lipinski definition) is 0. The van der Waals surface area contributed by atoms with Crippen LogP contribution in [0.1, 0.15) is 22.2 Å². The molecule has 1 atom stereocenters. The molecule has 0 bridgehead atoms. The summed E-state index contributed by atoms with van der Waals surface area (Å²) in [6.07, 6.45) is 0. The van der Waals surface area contributed by atoms with Crippen LogP contribution in [0.2, 0.25) is 15.1 Å². The molecule has 11 heteroatoms. The Labute approximate surface area is 221 Å². The van der Waals surface area contributed by atoms with Gasteiger partial charge in [-0.15, -0.1) is 10.2 Å². The van der Waals surface area contributed by atoms with Crippen LogP contribution in [-0.4, -0.2) is 26.2 Å². The van der Waals surface area contributed by atoms with Crippen molar-refractivity contribution in [3.8, 4) is 11.4 Å². The highest BCUT2D eigenvalue weighted by Gasteiger charge is 2.26. The van der Waals surface area contributed by atoms with Gasteiger partial charge in [0.2, 0.25) is 6.54 Å². The number of aryl methyl sites for hydroxylation is 1. The SMILES string of the molecule is Cc1nnc(S[C@H](C[N+](=O)[O-])c2ccccc2OCc2ccc(Cl)cc2Cl)n1-c1ccc(Cl)cc1. The van der Waals surface area contributed by atoms with E-state index in [9.17, 15) is 10.1 Å². The van der Waals surface area contributed by atoms with Crippen LogP contribution < -0.4 is 4.74 Å².